The fraction of sp³-hybridized carbons (Fsp3) is 1.00. The standard InChI is InChI=1S/C10H19NO/c12-9-1-2-10-3-6-11(7-4-10)8-5-10/h12H,1-9H2. The monoisotopic (exact) mass is 169 g/mol. The van der Waals surface area contributed by atoms with Crippen LogP contribution in [0.25, 0.3) is 0 Å². The third kappa shape index (κ3) is 1.50. The first-order valence-electron chi connectivity index (χ1n) is 5.18. The normalized spacial score (nSPS) is 40.2. The van der Waals surface area contributed by atoms with Crippen molar-refractivity contribution in [3.63, 3.8) is 0 Å². The van der Waals surface area contributed by atoms with Crippen molar-refractivity contribution in [2.45, 2.75) is 32.1 Å². The molecule has 0 aromatic carbocycles. The van der Waals surface area contributed by atoms with Gasteiger partial charge in [0.05, 0.1) is 0 Å². The molecule has 0 aliphatic carbocycles. The molecule has 0 radical (unpaired) electrons. The van der Waals surface area contributed by atoms with Crippen LogP contribution < -0.4 is 0 Å². The average Bonchev–Trinajstić information content (AvgIpc) is 2.18. The molecule has 0 amide bonds. The molecule has 0 atom stereocenters. The fourth-order valence-corrected chi connectivity index (χ4v) is 2.73. The molecule has 12 heavy (non-hydrogen) atoms. The van der Waals surface area contributed by atoms with Crippen LogP contribution in [0.4, 0.5) is 0 Å². The summed E-state index contributed by atoms with van der Waals surface area (Å²) in [4.78, 5) is 2.57. The van der Waals surface area contributed by atoms with E-state index in [0.29, 0.717) is 12.0 Å². The highest BCUT2D eigenvalue weighted by molar-refractivity contribution is 4.91. The van der Waals surface area contributed by atoms with Crippen LogP contribution in [0.5, 0.6) is 0 Å². The molecule has 0 saturated carbocycles. The Labute approximate surface area is 74.6 Å². The van der Waals surface area contributed by atoms with Crippen LogP contribution in [0, 0.1) is 5.41 Å². The minimum absolute atomic E-state index is 0.380. The second-order valence-corrected chi connectivity index (χ2v) is 4.42. The Kier molecular flexibility index (Phi) is 2.37. The zero-order valence-electron chi connectivity index (χ0n) is 7.76. The lowest BCUT2D eigenvalue weighted by atomic mass is 9.69. The van der Waals surface area contributed by atoms with Gasteiger partial charge in [-0.15, -0.1) is 0 Å². The van der Waals surface area contributed by atoms with Gasteiger partial charge in [0.25, 0.3) is 0 Å². The van der Waals surface area contributed by atoms with Gasteiger partial charge in [0.1, 0.15) is 0 Å². The fourth-order valence-electron chi connectivity index (χ4n) is 2.73. The molecule has 3 aliphatic heterocycles. The Morgan fingerprint density at radius 3 is 2.17 bits per heavy atom. The molecule has 2 bridgehead atoms. The Morgan fingerprint density at radius 2 is 1.67 bits per heavy atom. The van der Waals surface area contributed by atoms with Crippen molar-refractivity contribution < 1.29 is 5.11 Å². The Balaban J connectivity index is 1.90. The van der Waals surface area contributed by atoms with Crippen molar-refractivity contribution in [2.24, 2.45) is 5.41 Å². The number of fused-ring (bicyclic) bond motifs is 3. The van der Waals surface area contributed by atoms with Gasteiger partial charge in [-0.05, 0) is 57.2 Å². The summed E-state index contributed by atoms with van der Waals surface area (Å²) < 4.78 is 0. The summed E-state index contributed by atoms with van der Waals surface area (Å²) in [6, 6.07) is 0. The zero-order chi connectivity index (χ0) is 8.44. The van der Waals surface area contributed by atoms with Gasteiger partial charge in [-0.2, -0.15) is 0 Å². The van der Waals surface area contributed by atoms with E-state index in [1.807, 2.05) is 0 Å². The molecular formula is C10H19NO. The molecule has 3 aliphatic rings. The lowest BCUT2D eigenvalue weighted by Gasteiger charge is -2.48. The second-order valence-electron chi connectivity index (χ2n) is 4.42. The molecule has 3 heterocycles. The Hall–Kier alpha value is -0.0800. The molecule has 0 aromatic heterocycles. The predicted octanol–water partition coefficient (Wildman–Crippen LogP) is 1.24. The molecule has 3 fully saturated rings. The first-order chi connectivity index (χ1) is 5.85. The highest BCUT2D eigenvalue weighted by Crippen LogP contribution is 2.43. The van der Waals surface area contributed by atoms with E-state index in [4.69, 9.17) is 5.11 Å². The lowest BCUT2D eigenvalue weighted by molar-refractivity contribution is 0.0154. The molecule has 3 rings (SSSR count). The van der Waals surface area contributed by atoms with Gasteiger partial charge in [-0.3, -0.25) is 0 Å². The zero-order valence-corrected chi connectivity index (χ0v) is 7.76. The molecule has 0 aromatic rings. The number of nitrogens with zero attached hydrogens (tertiary/aromatic N) is 1. The Bertz CT molecular complexity index is 136. The number of rotatable bonds is 3. The van der Waals surface area contributed by atoms with Gasteiger partial charge in [0.2, 0.25) is 0 Å². The molecule has 1 N–H and O–H groups in total. The van der Waals surface area contributed by atoms with E-state index in [2.05, 4.69) is 4.90 Å². The number of hydrogen-bond donors (Lipinski definition) is 1. The molecular weight excluding hydrogens is 150 g/mol. The van der Waals surface area contributed by atoms with Gasteiger partial charge in [0, 0.05) is 6.61 Å². The van der Waals surface area contributed by atoms with Crippen molar-refractivity contribution in [3.8, 4) is 0 Å². The van der Waals surface area contributed by atoms with Crippen LogP contribution in [0.2, 0.25) is 0 Å². The summed E-state index contributed by atoms with van der Waals surface area (Å²) in [6.45, 7) is 4.31. The molecule has 2 nitrogen and oxygen atoms in total. The Morgan fingerprint density at radius 1 is 1.08 bits per heavy atom. The van der Waals surface area contributed by atoms with E-state index < -0.39 is 0 Å². The quantitative estimate of drug-likeness (QED) is 0.687. The third-order valence-electron chi connectivity index (χ3n) is 3.74. The first kappa shape index (κ1) is 8.52. The SMILES string of the molecule is OCCCC12CCN(CC1)CC2. The number of aliphatic hydroxyl groups excluding tert-OH is 1. The van der Waals surface area contributed by atoms with Gasteiger partial charge in [-0.1, -0.05) is 0 Å². The van der Waals surface area contributed by atoms with Gasteiger partial charge in [-0.25, -0.2) is 0 Å². The van der Waals surface area contributed by atoms with Crippen LogP contribution in [0.1, 0.15) is 32.1 Å². The van der Waals surface area contributed by atoms with Crippen LogP contribution in [-0.4, -0.2) is 36.2 Å². The third-order valence-corrected chi connectivity index (χ3v) is 3.74. The summed E-state index contributed by atoms with van der Waals surface area (Å²) in [5.74, 6) is 0. The van der Waals surface area contributed by atoms with Crippen LogP contribution in [0.3, 0.4) is 0 Å². The highest BCUT2D eigenvalue weighted by Gasteiger charge is 2.38. The van der Waals surface area contributed by atoms with E-state index >= 15 is 0 Å². The van der Waals surface area contributed by atoms with Crippen LogP contribution in [0.15, 0.2) is 0 Å². The summed E-state index contributed by atoms with van der Waals surface area (Å²) in [6.07, 6.45) is 6.42. The smallest absolute Gasteiger partial charge is 0.0431 e. The minimum Gasteiger partial charge on any atom is -0.396 e. The maximum Gasteiger partial charge on any atom is 0.0431 e. The molecule has 2 heteroatoms. The molecule has 3 saturated heterocycles. The van der Waals surface area contributed by atoms with Crippen LogP contribution >= 0.6 is 0 Å². The molecule has 0 spiro atoms. The highest BCUT2D eigenvalue weighted by atomic mass is 16.2. The number of piperidine rings is 3. The van der Waals surface area contributed by atoms with Crippen molar-refractivity contribution in [1.82, 2.24) is 4.90 Å². The van der Waals surface area contributed by atoms with Crippen molar-refractivity contribution >= 4 is 0 Å². The maximum absolute atomic E-state index is 8.81. The van der Waals surface area contributed by atoms with E-state index in [1.54, 1.807) is 0 Å². The van der Waals surface area contributed by atoms with E-state index in [9.17, 15) is 0 Å². The first-order valence-corrected chi connectivity index (χ1v) is 5.18. The second kappa shape index (κ2) is 3.35. The molecule has 0 unspecified atom stereocenters. The minimum atomic E-state index is 0.380. The number of aliphatic hydroxyl groups is 1. The van der Waals surface area contributed by atoms with Gasteiger partial charge >= 0.3 is 0 Å². The van der Waals surface area contributed by atoms with Crippen molar-refractivity contribution in [3.05, 3.63) is 0 Å². The van der Waals surface area contributed by atoms with Crippen molar-refractivity contribution in [1.29, 1.82) is 0 Å². The van der Waals surface area contributed by atoms with Gasteiger partial charge < -0.3 is 10.0 Å². The topological polar surface area (TPSA) is 23.5 Å². The summed E-state index contributed by atoms with van der Waals surface area (Å²) in [5.41, 5.74) is 0.636. The lowest BCUT2D eigenvalue weighted by Crippen LogP contribution is -2.48. The number of hydrogen-bond acceptors (Lipinski definition) is 2. The van der Waals surface area contributed by atoms with Crippen LogP contribution in [-0.2, 0) is 0 Å². The summed E-state index contributed by atoms with van der Waals surface area (Å²) in [7, 11) is 0. The van der Waals surface area contributed by atoms with E-state index in [-0.39, 0.29) is 0 Å². The average molecular weight is 169 g/mol. The van der Waals surface area contributed by atoms with Crippen molar-refractivity contribution in [2.75, 3.05) is 26.2 Å². The summed E-state index contributed by atoms with van der Waals surface area (Å²) >= 11 is 0. The maximum atomic E-state index is 8.81. The van der Waals surface area contributed by atoms with Gasteiger partial charge in [0.15, 0.2) is 0 Å². The predicted molar refractivity (Wildman–Crippen MR) is 49.0 cm³/mol. The summed E-state index contributed by atoms with van der Waals surface area (Å²) in [5, 5.41) is 8.81. The largest absolute Gasteiger partial charge is 0.396 e. The molecule has 70 valence electrons. The van der Waals surface area contributed by atoms with E-state index in [0.717, 1.165) is 6.42 Å². The van der Waals surface area contributed by atoms with E-state index in [1.165, 1.54) is 45.3 Å².